The average Bonchev–Trinajstić information content (AvgIpc) is 2.36. The van der Waals surface area contributed by atoms with Crippen LogP contribution >= 0.6 is 0 Å². The van der Waals surface area contributed by atoms with Crippen molar-refractivity contribution in [3.63, 3.8) is 0 Å². The topological polar surface area (TPSA) is 62.1 Å². The van der Waals surface area contributed by atoms with Crippen LogP contribution in [0.1, 0.15) is 31.7 Å². The second kappa shape index (κ2) is 6.49. The molecule has 4 nitrogen and oxygen atoms in total. The first-order chi connectivity index (χ1) is 9.63. The molecule has 1 aliphatic rings. The molecule has 1 aromatic carbocycles. The molecule has 0 aliphatic heterocycles. The summed E-state index contributed by atoms with van der Waals surface area (Å²) >= 11 is 0. The van der Waals surface area contributed by atoms with Gasteiger partial charge in [0.25, 0.3) is 0 Å². The van der Waals surface area contributed by atoms with Crippen molar-refractivity contribution in [2.45, 2.75) is 32.3 Å². The Morgan fingerprint density at radius 3 is 2.95 bits per heavy atom. The third kappa shape index (κ3) is 3.34. The highest BCUT2D eigenvalue weighted by molar-refractivity contribution is 5.92. The van der Waals surface area contributed by atoms with Crippen molar-refractivity contribution < 1.29 is 13.9 Å². The minimum absolute atomic E-state index is 0.123. The normalized spacial score (nSPS) is 20.9. The van der Waals surface area contributed by atoms with Crippen LogP contribution < -0.4 is 5.32 Å². The van der Waals surface area contributed by atoms with Crippen molar-refractivity contribution in [1.29, 1.82) is 5.26 Å². The molecule has 0 heterocycles. The van der Waals surface area contributed by atoms with E-state index in [-0.39, 0.29) is 23.3 Å². The molecule has 0 atom stereocenters. The molecule has 1 N–H and O–H groups in total. The first-order valence-electron chi connectivity index (χ1n) is 6.74. The number of rotatable bonds is 5. The number of carbonyl (C=O) groups excluding carboxylic acids is 1. The standard InChI is InChI=1S/C15H17FN2O2/c1-2-20-11-6-10(7-11)8-15(19)18-14-5-3-4-13(16)12(14)9-17/h3-5,10-11H,2,6-8H2,1H3,(H,18,19). The summed E-state index contributed by atoms with van der Waals surface area (Å²) in [7, 11) is 0. The van der Waals surface area contributed by atoms with Crippen molar-refractivity contribution in [2.75, 3.05) is 11.9 Å². The fourth-order valence-electron chi connectivity index (χ4n) is 2.42. The number of benzene rings is 1. The molecular formula is C15H17FN2O2. The third-order valence-electron chi connectivity index (χ3n) is 3.47. The van der Waals surface area contributed by atoms with Crippen LogP contribution in [0.25, 0.3) is 0 Å². The maximum atomic E-state index is 13.4. The van der Waals surface area contributed by atoms with Crippen LogP contribution in [0.4, 0.5) is 10.1 Å². The van der Waals surface area contributed by atoms with Crippen molar-refractivity contribution in [3.05, 3.63) is 29.6 Å². The van der Waals surface area contributed by atoms with Crippen LogP contribution in [0.5, 0.6) is 0 Å². The molecule has 0 radical (unpaired) electrons. The lowest BCUT2D eigenvalue weighted by atomic mass is 9.80. The van der Waals surface area contributed by atoms with E-state index in [1.807, 2.05) is 6.92 Å². The maximum Gasteiger partial charge on any atom is 0.224 e. The van der Waals surface area contributed by atoms with Gasteiger partial charge in [0.1, 0.15) is 17.4 Å². The summed E-state index contributed by atoms with van der Waals surface area (Å²) in [6.45, 7) is 2.64. The fourth-order valence-corrected chi connectivity index (χ4v) is 2.42. The summed E-state index contributed by atoms with van der Waals surface area (Å²) in [5, 5.41) is 11.5. The van der Waals surface area contributed by atoms with Crippen LogP contribution in [-0.2, 0) is 9.53 Å². The monoisotopic (exact) mass is 276 g/mol. The molecule has 106 valence electrons. The predicted molar refractivity (Wildman–Crippen MR) is 72.5 cm³/mol. The Balaban J connectivity index is 1.87. The van der Waals surface area contributed by atoms with Crippen molar-refractivity contribution in [3.8, 4) is 6.07 Å². The Morgan fingerprint density at radius 2 is 2.30 bits per heavy atom. The van der Waals surface area contributed by atoms with Gasteiger partial charge in [-0.15, -0.1) is 0 Å². The number of nitriles is 1. The molecule has 1 amide bonds. The molecule has 5 heteroatoms. The van der Waals surface area contributed by atoms with Gasteiger partial charge in [0.2, 0.25) is 5.91 Å². The summed E-state index contributed by atoms with van der Waals surface area (Å²) < 4.78 is 18.8. The van der Waals surface area contributed by atoms with Gasteiger partial charge in [0, 0.05) is 13.0 Å². The van der Waals surface area contributed by atoms with Crippen LogP contribution in [0, 0.1) is 23.1 Å². The fraction of sp³-hybridized carbons (Fsp3) is 0.467. The van der Waals surface area contributed by atoms with Crippen molar-refractivity contribution in [1.82, 2.24) is 0 Å². The van der Waals surface area contributed by atoms with Gasteiger partial charge in [-0.1, -0.05) is 6.07 Å². The molecule has 0 unspecified atom stereocenters. The highest BCUT2D eigenvalue weighted by Gasteiger charge is 2.31. The van der Waals surface area contributed by atoms with E-state index in [1.54, 1.807) is 6.07 Å². The van der Waals surface area contributed by atoms with E-state index >= 15 is 0 Å². The number of hydrogen-bond acceptors (Lipinski definition) is 3. The van der Waals surface area contributed by atoms with Crippen LogP contribution in [0.2, 0.25) is 0 Å². The van der Waals surface area contributed by atoms with Gasteiger partial charge in [-0.25, -0.2) is 4.39 Å². The van der Waals surface area contributed by atoms with Crippen molar-refractivity contribution >= 4 is 11.6 Å². The van der Waals surface area contributed by atoms with Crippen molar-refractivity contribution in [2.24, 2.45) is 5.92 Å². The lowest BCUT2D eigenvalue weighted by Crippen LogP contribution is -2.34. The van der Waals surface area contributed by atoms with Gasteiger partial charge >= 0.3 is 0 Å². The Hall–Kier alpha value is -1.93. The highest BCUT2D eigenvalue weighted by Crippen LogP contribution is 2.33. The number of halogens is 1. The van der Waals surface area contributed by atoms with E-state index in [1.165, 1.54) is 18.2 Å². The van der Waals surface area contributed by atoms with Crippen LogP contribution in [0.15, 0.2) is 18.2 Å². The Bertz CT molecular complexity index is 533. The van der Waals surface area contributed by atoms with Gasteiger partial charge in [0.15, 0.2) is 0 Å². The largest absolute Gasteiger partial charge is 0.378 e. The number of anilines is 1. The molecular weight excluding hydrogens is 259 g/mol. The summed E-state index contributed by atoms with van der Waals surface area (Å²) in [6, 6.07) is 5.97. The van der Waals surface area contributed by atoms with E-state index in [2.05, 4.69) is 5.32 Å². The number of nitrogens with zero attached hydrogens (tertiary/aromatic N) is 1. The molecule has 2 rings (SSSR count). The Morgan fingerprint density at radius 1 is 1.55 bits per heavy atom. The molecule has 1 aromatic rings. The maximum absolute atomic E-state index is 13.4. The van der Waals surface area contributed by atoms with Crippen LogP contribution in [-0.4, -0.2) is 18.6 Å². The second-order valence-electron chi connectivity index (χ2n) is 4.94. The van der Waals surface area contributed by atoms with E-state index in [9.17, 15) is 9.18 Å². The summed E-state index contributed by atoms with van der Waals surface area (Å²) in [5.74, 6) is -0.497. The molecule has 0 saturated heterocycles. The summed E-state index contributed by atoms with van der Waals surface area (Å²) in [5.41, 5.74) is 0.111. The predicted octanol–water partition coefficient (Wildman–Crippen LogP) is 2.84. The second-order valence-corrected chi connectivity index (χ2v) is 4.94. The Labute approximate surface area is 117 Å². The number of amides is 1. The Kier molecular flexibility index (Phi) is 4.70. The number of hydrogen-bond donors (Lipinski definition) is 1. The minimum atomic E-state index is -0.620. The zero-order valence-corrected chi connectivity index (χ0v) is 11.4. The number of carbonyl (C=O) groups is 1. The smallest absolute Gasteiger partial charge is 0.224 e. The van der Waals surface area contributed by atoms with E-state index in [0.717, 1.165) is 12.8 Å². The van der Waals surface area contributed by atoms with E-state index in [4.69, 9.17) is 10.00 Å². The molecule has 1 saturated carbocycles. The summed E-state index contributed by atoms with van der Waals surface area (Å²) in [6.07, 6.45) is 2.41. The SMILES string of the molecule is CCOC1CC(CC(=O)Nc2cccc(F)c2C#N)C1. The summed E-state index contributed by atoms with van der Waals surface area (Å²) in [4.78, 5) is 11.9. The molecule has 1 aliphatic carbocycles. The first-order valence-corrected chi connectivity index (χ1v) is 6.74. The third-order valence-corrected chi connectivity index (χ3v) is 3.47. The molecule has 0 aromatic heterocycles. The minimum Gasteiger partial charge on any atom is -0.378 e. The zero-order valence-electron chi connectivity index (χ0n) is 11.4. The average molecular weight is 276 g/mol. The lowest BCUT2D eigenvalue weighted by Gasteiger charge is -2.34. The van der Waals surface area contributed by atoms with Gasteiger partial charge in [-0.05, 0) is 37.8 Å². The number of ether oxygens (including phenoxy) is 1. The molecule has 20 heavy (non-hydrogen) atoms. The molecule has 0 spiro atoms. The van der Waals surface area contributed by atoms with E-state index in [0.29, 0.717) is 18.9 Å². The van der Waals surface area contributed by atoms with Gasteiger partial charge < -0.3 is 10.1 Å². The number of nitrogens with one attached hydrogen (secondary N) is 1. The lowest BCUT2D eigenvalue weighted by molar-refractivity contribution is -0.119. The molecule has 1 fully saturated rings. The highest BCUT2D eigenvalue weighted by atomic mass is 19.1. The quantitative estimate of drug-likeness (QED) is 0.899. The van der Waals surface area contributed by atoms with Gasteiger partial charge in [-0.3, -0.25) is 4.79 Å². The zero-order chi connectivity index (χ0) is 14.5. The van der Waals surface area contributed by atoms with E-state index < -0.39 is 5.82 Å². The van der Waals surface area contributed by atoms with Gasteiger partial charge in [0.05, 0.1) is 11.8 Å². The van der Waals surface area contributed by atoms with Gasteiger partial charge in [-0.2, -0.15) is 5.26 Å². The molecule has 0 bridgehead atoms. The van der Waals surface area contributed by atoms with Crippen LogP contribution in [0.3, 0.4) is 0 Å². The first kappa shape index (κ1) is 14.5.